The van der Waals surface area contributed by atoms with E-state index in [0.717, 1.165) is 12.0 Å². The van der Waals surface area contributed by atoms with E-state index in [1.807, 2.05) is 13.0 Å². The summed E-state index contributed by atoms with van der Waals surface area (Å²) >= 11 is 1.43. The van der Waals surface area contributed by atoms with Crippen LogP contribution in [0.5, 0.6) is 0 Å². The van der Waals surface area contributed by atoms with E-state index in [1.165, 1.54) is 23.4 Å². The van der Waals surface area contributed by atoms with Crippen LogP contribution in [-0.4, -0.2) is 11.7 Å². The second-order valence-electron chi connectivity index (χ2n) is 5.52. The third-order valence-electron chi connectivity index (χ3n) is 3.67. The summed E-state index contributed by atoms with van der Waals surface area (Å²) in [5.74, 6) is 0.600. The molecule has 0 saturated heterocycles. The molecule has 4 heteroatoms. The number of carbonyl (C=O) groups is 1. The summed E-state index contributed by atoms with van der Waals surface area (Å²) in [7, 11) is 0. The summed E-state index contributed by atoms with van der Waals surface area (Å²) in [6.07, 6.45) is 0.840. The highest BCUT2D eigenvalue weighted by molar-refractivity contribution is 7.99. The molecule has 0 aliphatic heterocycles. The summed E-state index contributed by atoms with van der Waals surface area (Å²) in [4.78, 5) is 12.1. The van der Waals surface area contributed by atoms with Crippen LogP contribution < -0.4 is 5.32 Å². The first-order valence-electron chi connectivity index (χ1n) is 7.77. The fourth-order valence-corrected chi connectivity index (χ4v) is 3.15. The summed E-state index contributed by atoms with van der Waals surface area (Å²) in [6, 6.07) is 14.9. The third-order valence-corrected chi connectivity index (χ3v) is 4.65. The van der Waals surface area contributed by atoms with Crippen molar-refractivity contribution in [2.45, 2.75) is 32.1 Å². The van der Waals surface area contributed by atoms with Crippen molar-refractivity contribution in [3.63, 3.8) is 0 Å². The fourth-order valence-electron chi connectivity index (χ4n) is 2.32. The summed E-state index contributed by atoms with van der Waals surface area (Å²) < 4.78 is 13.5. The SMILES string of the molecule is CC[C@H](NC(=O)CSCc1ccccc1F)c1ccc(C)cc1. The van der Waals surface area contributed by atoms with E-state index in [0.29, 0.717) is 17.1 Å². The average Bonchev–Trinajstić information content (AvgIpc) is 2.55. The van der Waals surface area contributed by atoms with Crippen molar-refractivity contribution < 1.29 is 9.18 Å². The molecule has 0 heterocycles. The van der Waals surface area contributed by atoms with Crippen LogP contribution >= 0.6 is 11.8 Å². The number of carbonyl (C=O) groups excluding carboxylic acids is 1. The van der Waals surface area contributed by atoms with Gasteiger partial charge >= 0.3 is 0 Å². The topological polar surface area (TPSA) is 29.1 Å². The first-order chi connectivity index (χ1) is 11.1. The Hall–Kier alpha value is -1.81. The van der Waals surface area contributed by atoms with E-state index < -0.39 is 0 Å². The van der Waals surface area contributed by atoms with Crippen LogP contribution in [0.1, 0.15) is 36.1 Å². The zero-order chi connectivity index (χ0) is 16.7. The van der Waals surface area contributed by atoms with Crippen molar-refractivity contribution in [1.82, 2.24) is 5.32 Å². The molecule has 2 nitrogen and oxygen atoms in total. The molecular weight excluding hydrogens is 309 g/mol. The maximum absolute atomic E-state index is 13.5. The quantitative estimate of drug-likeness (QED) is 0.801. The summed E-state index contributed by atoms with van der Waals surface area (Å²) in [5, 5.41) is 3.05. The number of halogens is 1. The van der Waals surface area contributed by atoms with Gasteiger partial charge in [-0.25, -0.2) is 4.39 Å². The Kier molecular flexibility index (Phi) is 6.66. The van der Waals surface area contributed by atoms with Gasteiger partial charge in [-0.2, -0.15) is 0 Å². The van der Waals surface area contributed by atoms with Crippen LogP contribution in [0, 0.1) is 12.7 Å². The van der Waals surface area contributed by atoms with E-state index in [2.05, 4.69) is 36.5 Å². The lowest BCUT2D eigenvalue weighted by Crippen LogP contribution is -2.29. The van der Waals surface area contributed by atoms with Gasteiger partial charge in [0.25, 0.3) is 0 Å². The molecule has 0 aliphatic rings. The number of hydrogen-bond acceptors (Lipinski definition) is 2. The normalized spacial score (nSPS) is 12.0. The second-order valence-corrected chi connectivity index (χ2v) is 6.51. The lowest BCUT2D eigenvalue weighted by molar-refractivity contribution is -0.119. The van der Waals surface area contributed by atoms with Crippen molar-refractivity contribution in [2.75, 3.05) is 5.75 Å². The molecule has 0 bridgehead atoms. The Balaban J connectivity index is 1.83. The fraction of sp³-hybridized carbons (Fsp3) is 0.316. The number of aryl methyl sites for hydroxylation is 1. The number of thioether (sulfide) groups is 1. The third kappa shape index (κ3) is 5.39. The number of amides is 1. The van der Waals surface area contributed by atoms with E-state index in [4.69, 9.17) is 0 Å². The van der Waals surface area contributed by atoms with Crippen LogP contribution in [0.2, 0.25) is 0 Å². The highest BCUT2D eigenvalue weighted by Gasteiger charge is 2.12. The minimum Gasteiger partial charge on any atom is -0.349 e. The molecule has 1 N–H and O–H groups in total. The molecule has 2 aromatic carbocycles. The van der Waals surface area contributed by atoms with Gasteiger partial charge in [-0.1, -0.05) is 55.0 Å². The molecule has 0 saturated carbocycles. The summed E-state index contributed by atoms with van der Waals surface area (Å²) in [6.45, 7) is 4.10. The maximum Gasteiger partial charge on any atom is 0.230 e. The molecule has 0 unspecified atom stereocenters. The monoisotopic (exact) mass is 331 g/mol. The molecular formula is C19H22FNOS. The van der Waals surface area contributed by atoms with E-state index in [1.54, 1.807) is 12.1 Å². The predicted octanol–water partition coefficient (Wildman–Crippen LogP) is 4.63. The molecule has 0 fully saturated rings. The minimum atomic E-state index is -0.216. The molecule has 0 spiro atoms. The van der Waals surface area contributed by atoms with Gasteiger partial charge < -0.3 is 5.32 Å². The van der Waals surface area contributed by atoms with Gasteiger partial charge in [0.2, 0.25) is 5.91 Å². The lowest BCUT2D eigenvalue weighted by Gasteiger charge is -2.17. The first kappa shape index (κ1) is 17.5. The minimum absolute atomic E-state index is 0.0150. The predicted molar refractivity (Wildman–Crippen MR) is 94.9 cm³/mol. The number of hydrogen-bond donors (Lipinski definition) is 1. The van der Waals surface area contributed by atoms with Crippen molar-refractivity contribution in [3.05, 3.63) is 71.0 Å². The standard InChI is InChI=1S/C19H22FNOS/c1-3-18(15-10-8-14(2)9-11-15)21-19(22)13-23-12-16-6-4-5-7-17(16)20/h4-11,18H,3,12-13H2,1-2H3,(H,21,22)/t18-/m0/s1. The molecule has 0 radical (unpaired) electrons. The zero-order valence-electron chi connectivity index (χ0n) is 13.5. The largest absolute Gasteiger partial charge is 0.349 e. The molecule has 23 heavy (non-hydrogen) atoms. The maximum atomic E-state index is 13.5. The lowest BCUT2D eigenvalue weighted by atomic mass is 10.0. The molecule has 122 valence electrons. The van der Waals surface area contributed by atoms with Gasteiger partial charge in [0, 0.05) is 5.75 Å². The molecule has 1 atom stereocenters. The zero-order valence-corrected chi connectivity index (χ0v) is 14.3. The van der Waals surface area contributed by atoms with Crippen LogP contribution in [0.4, 0.5) is 4.39 Å². The van der Waals surface area contributed by atoms with Crippen LogP contribution in [0.15, 0.2) is 48.5 Å². The van der Waals surface area contributed by atoms with Gasteiger partial charge in [0.15, 0.2) is 0 Å². The van der Waals surface area contributed by atoms with Crippen molar-refractivity contribution in [3.8, 4) is 0 Å². The molecule has 0 aromatic heterocycles. The van der Waals surface area contributed by atoms with E-state index >= 15 is 0 Å². The number of rotatable bonds is 7. The van der Waals surface area contributed by atoms with Gasteiger partial charge in [-0.15, -0.1) is 11.8 Å². The van der Waals surface area contributed by atoms with Crippen LogP contribution in [0.3, 0.4) is 0 Å². The van der Waals surface area contributed by atoms with Gasteiger partial charge in [-0.3, -0.25) is 4.79 Å². The highest BCUT2D eigenvalue weighted by atomic mass is 32.2. The Labute approximate surface area is 141 Å². The van der Waals surface area contributed by atoms with E-state index in [-0.39, 0.29) is 17.8 Å². The van der Waals surface area contributed by atoms with Crippen molar-refractivity contribution >= 4 is 17.7 Å². The molecule has 2 rings (SSSR count). The Morgan fingerprint density at radius 1 is 1.17 bits per heavy atom. The number of nitrogens with one attached hydrogen (secondary N) is 1. The van der Waals surface area contributed by atoms with Gasteiger partial charge in [-0.05, 0) is 30.5 Å². The molecule has 1 amide bonds. The second kappa shape index (κ2) is 8.73. The van der Waals surface area contributed by atoms with Crippen molar-refractivity contribution in [2.24, 2.45) is 0 Å². The Morgan fingerprint density at radius 3 is 2.52 bits per heavy atom. The molecule has 0 aliphatic carbocycles. The summed E-state index contributed by atoms with van der Waals surface area (Å²) in [5.41, 5.74) is 2.96. The first-order valence-corrected chi connectivity index (χ1v) is 8.92. The Bertz CT molecular complexity index is 642. The van der Waals surface area contributed by atoms with Gasteiger partial charge in [0.05, 0.1) is 11.8 Å². The molecule has 2 aromatic rings. The van der Waals surface area contributed by atoms with Crippen molar-refractivity contribution in [1.29, 1.82) is 0 Å². The van der Waals surface area contributed by atoms with E-state index in [9.17, 15) is 9.18 Å². The van der Waals surface area contributed by atoms with Crippen LogP contribution in [-0.2, 0) is 10.5 Å². The average molecular weight is 331 g/mol. The van der Waals surface area contributed by atoms with Gasteiger partial charge in [0.1, 0.15) is 5.82 Å². The Morgan fingerprint density at radius 2 is 1.87 bits per heavy atom. The smallest absolute Gasteiger partial charge is 0.230 e. The highest BCUT2D eigenvalue weighted by Crippen LogP contribution is 2.19. The van der Waals surface area contributed by atoms with Crippen LogP contribution in [0.25, 0.3) is 0 Å². The number of benzene rings is 2.